The Morgan fingerprint density at radius 1 is 0.971 bits per heavy atom. The number of cyclic esters (lactones) is 1. The van der Waals surface area contributed by atoms with Crippen LogP contribution < -0.4 is 0 Å². The zero-order valence-corrected chi connectivity index (χ0v) is 42.7. The number of nitrogens with zero attached hydrogens (tertiary/aromatic N) is 3. The highest BCUT2D eigenvalue weighted by Gasteiger charge is 2.53. The molecule has 70 heavy (non-hydrogen) atoms. The number of likely N-dealkylation sites (N-methyl/N-ethyl adjacent to an activating group) is 2. The standard InChI is InChI=1S/C52H79N3O15/c1-11-40(58)67-39-27-42(60)64-25-22-34(16-13-17-35-18-14-19-36-20-15-23-53-44(35)36)29-55(9)30-38(57)31(3)26-37(21-24-56)48(49(39)63-10)70-51-46(61)45(54(7)8)47(32(4)66-51)69-43-28-52(6,62)50(33(5)65-43)68-41(59)12-2/h13-16,18-20,23-24,31-34,37-39,43,45-51,57,61-62H,11-12,17,21-22,25-30H2,1-10H3/b16-13+/t31-,32?,33?,34?,37+,38+,39-,43+,45?,46?,47-,48+,49+,50+,51+,52?/m1/s1. The van der Waals surface area contributed by atoms with Crippen molar-refractivity contribution in [2.75, 3.05) is 47.9 Å². The molecule has 1 aromatic carbocycles. The summed E-state index contributed by atoms with van der Waals surface area (Å²) in [4.78, 5) is 60.1. The zero-order valence-electron chi connectivity index (χ0n) is 42.7. The van der Waals surface area contributed by atoms with Crippen molar-refractivity contribution in [2.45, 2.75) is 172 Å². The van der Waals surface area contributed by atoms with Crippen molar-refractivity contribution >= 4 is 35.1 Å². The number of aliphatic hydroxyl groups excluding tert-OH is 2. The number of para-hydroxylation sites is 1. The van der Waals surface area contributed by atoms with Crippen LogP contribution in [0.2, 0.25) is 0 Å². The number of β-amino-alcohol motifs (C(OH)–C–C–N with tert-alkyl or cyclic N) is 1. The number of hydrogen-bond acceptors (Lipinski definition) is 18. The predicted molar refractivity (Wildman–Crippen MR) is 258 cm³/mol. The van der Waals surface area contributed by atoms with Gasteiger partial charge < -0.3 is 67.8 Å². The van der Waals surface area contributed by atoms with Crippen molar-refractivity contribution in [1.82, 2.24) is 14.8 Å². The molecule has 2 aromatic rings. The lowest BCUT2D eigenvalue weighted by molar-refractivity contribution is -0.344. The SMILES string of the molecule is CCC(=O)O[C@@H]1CC(=O)OCCC(/C=C/Cc2cccc3cccnc23)CN(C)C[C@H](O)[C@H](C)C[C@H](CC=O)[C@H](O[C@@H]2OC(C)[C@@H](O[C@H]3CC(C)(O)[C@@H](OC(=O)CC)C(C)O3)C(N(C)C)C2O)[C@H]1OC. The van der Waals surface area contributed by atoms with Crippen LogP contribution in [-0.4, -0.2) is 181 Å². The molecule has 18 nitrogen and oxygen atoms in total. The van der Waals surface area contributed by atoms with Gasteiger partial charge in [0.1, 0.15) is 36.3 Å². The topological polar surface area (TPSA) is 222 Å². The van der Waals surface area contributed by atoms with E-state index in [1.54, 1.807) is 59.8 Å². The first-order chi connectivity index (χ1) is 33.3. The summed E-state index contributed by atoms with van der Waals surface area (Å²) in [6, 6.07) is 9.24. The smallest absolute Gasteiger partial charge is 0.309 e. The van der Waals surface area contributed by atoms with Crippen LogP contribution in [0.15, 0.2) is 48.7 Å². The van der Waals surface area contributed by atoms with E-state index in [0.717, 1.165) is 22.8 Å². The summed E-state index contributed by atoms with van der Waals surface area (Å²) in [5.74, 6) is -2.90. The van der Waals surface area contributed by atoms with E-state index in [1.807, 2.05) is 43.1 Å². The molecule has 3 aliphatic rings. The van der Waals surface area contributed by atoms with Crippen molar-refractivity contribution in [3.8, 4) is 0 Å². The van der Waals surface area contributed by atoms with Crippen molar-refractivity contribution in [3.63, 3.8) is 0 Å². The van der Waals surface area contributed by atoms with Crippen LogP contribution in [0.1, 0.15) is 92.1 Å². The van der Waals surface area contributed by atoms with Gasteiger partial charge in [0.2, 0.25) is 0 Å². The number of hydrogen-bond donors (Lipinski definition) is 3. The summed E-state index contributed by atoms with van der Waals surface area (Å²) < 4.78 is 49.3. The first-order valence-corrected chi connectivity index (χ1v) is 24.9. The van der Waals surface area contributed by atoms with Gasteiger partial charge >= 0.3 is 17.9 Å². The molecule has 392 valence electrons. The molecule has 0 spiro atoms. The maximum Gasteiger partial charge on any atom is 0.309 e. The molecule has 18 heteroatoms. The highest BCUT2D eigenvalue weighted by molar-refractivity contribution is 5.81. The van der Waals surface area contributed by atoms with E-state index in [9.17, 15) is 34.5 Å². The Kier molecular flexibility index (Phi) is 21.7. The number of benzene rings is 1. The Balaban J connectivity index is 1.41. The summed E-state index contributed by atoms with van der Waals surface area (Å²) in [5.41, 5.74) is 0.512. The minimum Gasteiger partial charge on any atom is -0.466 e. The monoisotopic (exact) mass is 986 g/mol. The van der Waals surface area contributed by atoms with E-state index in [-0.39, 0.29) is 44.6 Å². The van der Waals surface area contributed by atoms with E-state index in [2.05, 4.69) is 23.2 Å². The van der Waals surface area contributed by atoms with Crippen molar-refractivity contribution < 1.29 is 72.4 Å². The summed E-state index contributed by atoms with van der Waals surface area (Å²) in [5, 5.41) is 36.5. The zero-order chi connectivity index (χ0) is 51.3. The van der Waals surface area contributed by atoms with E-state index in [0.29, 0.717) is 25.9 Å². The van der Waals surface area contributed by atoms with Gasteiger partial charge in [-0.05, 0) is 90.6 Å². The van der Waals surface area contributed by atoms with Crippen LogP contribution in [0, 0.1) is 17.8 Å². The molecule has 0 bridgehead atoms. The Morgan fingerprint density at radius 3 is 2.36 bits per heavy atom. The van der Waals surface area contributed by atoms with E-state index in [4.69, 9.17) is 37.9 Å². The van der Waals surface area contributed by atoms with Crippen LogP contribution in [0.4, 0.5) is 0 Å². The molecule has 3 N–H and O–H groups in total. The molecule has 1 aromatic heterocycles. The summed E-state index contributed by atoms with van der Waals surface area (Å²) in [6.45, 7) is 11.1. The van der Waals surface area contributed by atoms with Gasteiger partial charge in [0, 0.05) is 57.5 Å². The van der Waals surface area contributed by atoms with Gasteiger partial charge in [0.15, 0.2) is 18.7 Å². The third kappa shape index (κ3) is 15.3. The number of aldehydes is 1. The molecule has 0 aliphatic carbocycles. The van der Waals surface area contributed by atoms with Crippen molar-refractivity contribution in [1.29, 1.82) is 0 Å². The van der Waals surface area contributed by atoms with Crippen molar-refractivity contribution in [3.05, 3.63) is 54.2 Å². The first kappa shape index (κ1) is 57.0. The largest absolute Gasteiger partial charge is 0.466 e. The van der Waals surface area contributed by atoms with Crippen LogP contribution in [-0.2, 0) is 63.5 Å². The lowest BCUT2D eigenvalue weighted by Gasteiger charge is -2.50. The Hall–Kier alpha value is -3.95. The van der Waals surface area contributed by atoms with Crippen LogP contribution in [0.3, 0.4) is 0 Å². The molecule has 3 saturated heterocycles. The second kappa shape index (κ2) is 26.7. The molecule has 3 fully saturated rings. The number of fused-ring (bicyclic) bond motifs is 1. The van der Waals surface area contributed by atoms with Gasteiger partial charge in [-0.1, -0.05) is 57.2 Å². The number of esters is 3. The lowest BCUT2D eigenvalue weighted by atomic mass is 9.82. The summed E-state index contributed by atoms with van der Waals surface area (Å²) in [6.07, 6.45) is -3.86. The molecule has 0 radical (unpaired) electrons. The highest BCUT2D eigenvalue weighted by atomic mass is 16.7. The van der Waals surface area contributed by atoms with Gasteiger partial charge in [-0.25, -0.2) is 0 Å². The predicted octanol–water partition coefficient (Wildman–Crippen LogP) is 4.16. The van der Waals surface area contributed by atoms with E-state index < -0.39 is 115 Å². The number of aliphatic hydroxyl groups is 3. The highest BCUT2D eigenvalue weighted by Crippen LogP contribution is 2.38. The number of allylic oxidation sites excluding steroid dienone is 1. The minimum atomic E-state index is -1.50. The van der Waals surface area contributed by atoms with Crippen LogP contribution >= 0.6 is 0 Å². The second-order valence-electron chi connectivity index (χ2n) is 19.8. The Morgan fingerprint density at radius 2 is 1.69 bits per heavy atom. The third-order valence-corrected chi connectivity index (χ3v) is 13.9. The molecular formula is C52H79N3O15. The molecule has 6 unspecified atom stereocenters. The average molecular weight is 986 g/mol. The maximum atomic E-state index is 13.8. The Bertz CT molecular complexity index is 2010. The molecule has 5 rings (SSSR count). The molecule has 4 heterocycles. The number of methoxy groups -OCH3 is 1. The molecule has 16 atom stereocenters. The number of carbonyl (C=O) groups excluding carboxylic acids is 4. The number of pyridine rings is 1. The number of aromatic nitrogens is 1. The molecular weight excluding hydrogens is 907 g/mol. The van der Waals surface area contributed by atoms with E-state index >= 15 is 0 Å². The lowest BCUT2D eigenvalue weighted by Crippen LogP contribution is -2.66. The van der Waals surface area contributed by atoms with Gasteiger partial charge in [-0.2, -0.15) is 0 Å². The maximum absolute atomic E-state index is 13.8. The molecule has 0 amide bonds. The van der Waals surface area contributed by atoms with Gasteiger partial charge in [0.05, 0.1) is 49.0 Å². The number of ether oxygens (including phenoxy) is 8. The fourth-order valence-electron chi connectivity index (χ4n) is 10.1. The quantitative estimate of drug-likeness (QED) is 0.0987. The molecule has 0 saturated carbocycles. The van der Waals surface area contributed by atoms with Crippen molar-refractivity contribution in [2.24, 2.45) is 17.8 Å². The fraction of sp³-hybridized carbons (Fsp3) is 0.712. The third-order valence-electron chi connectivity index (χ3n) is 13.9. The first-order valence-electron chi connectivity index (χ1n) is 24.9. The molecule has 3 aliphatic heterocycles. The van der Waals surface area contributed by atoms with Crippen LogP contribution in [0.25, 0.3) is 10.9 Å². The van der Waals surface area contributed by atoms with Gasteiger partial charge in [-0.3, -0.25) is 19.4 Å². The van der Waals surface area contributed by atoms with Crippen LogP contribution in [0.5, 0.6) is 0 Å². The average Bonchev–Trinajstić information content (AvgIpc) is 3.30. The van der Waals surface area contributed by atoms with E-state index in [1.165, 1.54) is 7.11 Å². The fourth-order valence-corrected chi connectivity index (χ4v) is 10.1. The van der Waals surface area contributed by atoms with Gasteiger partial charge in [-0.15, -0.1) is 0 Å². The second-order valence-corrected chi connectivity index (χ2v) is 19.8. The summed E-state index contributed by atoms with van der Waals surface area (Å²) in [7, 11) is 6.82. The minimum absolute atomic E-state index is 0.0117. The normalized spacial score (nSPS) is 35.6. The Labute approximate surface area is 413 Å². The number of rotatable bonds is 15. The summed E-state index contributed by atoms with van der Waals surface area (Å²) >= 11 is 0. The van der Waals surface area contributed by atoms with Gasteiger partial charge in [0.25, 0.3) is 0 Å². The number of carbonyl (C=O) groups is 4.